The Morgan fingerprint density at radius 3 is 1.34 bits per heavy atom. The summed E-state index contributed by atoms with van der Waals surface area (Å²) in [6.07, 6.45) is 22.8. The van der Waals surface area contributed by atoms with Gasteiger partial charge in [0.1, 0.15) is 0 Å². The van der Waals surface area contributed by atoms with E-state index in [0.29, 0.717) is 12.8 Å². The maximum Gasteiger partial charge on any atom is 0.220 e. The van der Waals surface area contributed by atoms with Crippen molar-refractivity contribution in [3.05, 3.63) is 0 Å². The number of rotatable bonds is 14. The van der Waals surface area contributed by atoms with Crippen LogP contribution in [0.5, 0.6) is 0 Å². The Balaban J connectivity index is 1.31. The van der Waals surface area contributed by atoms with Crippen molar-refractivity contribution >= 4 is 11.8 Å². The van der Waals surface area contributed by atoms with E-state index in [1.807, 2.05) is 0 Å². The quantitative estimate of drug-likeness (QED) is 0.353. The topological polar surface area (TPSA) is 58.2 Å². The number of hydrogen-bond acceptors (Lipinski definition) is 2. The van der Waals surface area contributed by atoms with Gasteiger partial charge in [-0.15, -0.1) is 0 Å². The largest absolute Gasteiger partial charge is 0.356 e. The van der Waals surface area contributed by atoms with Crippen LogP contribution < -0.4 is 10.6 Å². The Labute approximate surface area is 179 Å². The average Bonchev–Trinajstić information content (AvgIpc) is 2.76. The molecule has 0 heterocycles. The summed E-state index contributed by atoms with van der Waals surface area (Å²) in [6, 6.07) is 0. The molecule has 0 atom stereocenters. The SMILES string of the molecule is O=C(CCC1CCCCC1)NCCCCCCCNC(=O)CCC1CCCCC1. The molecular formula is C25H46N2O2. The minimum atomic E-state index is 0.242. The number of carbonyl (C=O) groups is 2. The molecule has 4 heteroatoms. The van der Waals surface area contributed by atoms with Gasteiger partial charge in [-0.3, -0.25) is 9.59 Å². The van der Waals surface area contributed by atoms with Crippen LogP contribution in [0.4, 0.5) is 0 Å². The molecule has 0 bridgehead atoms. The van der Waals surface area contributed by atoms with E-state index in [9.17, 15) is 9.59 Å². The Morgan fingerprint density at radius 1 is 0.552 bits per heavy atom. The smallest absolute Gasteiger partial charge is 0.220 e. The van der Waals surface area contributed by atoms with Crippen molar-refractivity contribution in [3.63, 3.8) is 0 Å². The van der Waals surface area contributed by atoms with Gasteiger partial charge < -0.3 is 10.6 Å². The lowest BCUT2D eigenvalue weighted by Crippen LogP contribution is -2.25. The lowest BCUT2D eigenvalue weighted by atomic mass is 9.86. The second-order valence-corrected chi connectivity index (χ2v) is 9.55. The van der Waals surface area contributed by atoms with Gasteiger partial charge in [0, 0.05) is 25.9 Å². The zero-order chi connectivity index (χ0) is 20.6. The molecule has 2 rings (SSSR count). The van der Waals surface area contributed by atoms with Crippen molar-refractivity contribution < 1.29 is 9.59 Å². The lowest BCUT2D eigenvalue weighted by molar-refractivity contribution is -0.122. The van der Waals surface area contributed by atoms with Crippen LogP contribution in [0.3, 0.4) is 0 Å². The third kappa shape index (κ3) is 12.3. The Bertz CT molecular complexity index is 400. The first-order valence-corrected chi connectivity index (χ1v) is 12.8. The average molecular weight is 407 g/mol. The van der Waals surface area contributed by atoms with Gasteiger partial charge in [-0.25, -0.2) is 0 Å². The van der Waals surface area contributed by atoms with E-state index in [-0.39, 0.29) is 11.8 Å². The number of amides is 2. The molecule has 2 N–H and O–H groups in total. The molecule has 168 valence electrons. The third-order valence-corrected chi connectivity index (χ3v) is 7.01. The van der Waals surface area contributed by atoms with Crippen molar-refractivity contribution in [1.29, 1.82) is 0 Å². The maximum atomic E-state index is 11.9. The van der Waals surface area contributed by atoms with Crippen LogP contribution >= 0.6 is 0 Å². The van der Waals surface area contributed by atoms with Crippen LogP contribution in [-0.2, 0) is 9.59 Å². The number of unbranched alkanes of at least 4 members (excludes halogenated alkanes) is 4. The van der Waals surface area contributed by atoms with E-state index in [1.54, 1.807) is 0 Å². The first-order chi connectivity index (χ1) is 14.2. The first-order valence-electron chi connectivity index (χ1n) is 12.8. The summed E-state index contributed by atoms with van der Waals surface area (Å²) in [6.45, 7) is 1.64. The van der Waals surface area contributed by atoms with E-state index >= 15 is 0 Å². The second-order valence-electron chi connectivity index (χ2n) is 9.55. The molecule has 0 aromatic carbocycles. The Morgan fingerprint density at radius 2 is 0.931 bits per heavy atom. The normalized spacial score (nSPS) is 18.5. The van der Waals surface area contributed by atoms with Gasteiger partial charge in [-0.05, 0) is 37.5 Å². The van der Waals surface area contributed by atoms with Crippen molar-refractivity contribution in [2.45, 2.75) is 122 Å². The zero-order valence-corrected chi connectivity index (χ0v) is 18.8. The summed E-state index contributed by atoms with van der Waals surface area (Å²) in [4.78, 5) is 23.9. The van der Waals surface area contributed by atoms with Gasteiger partial charge >= 0.3 is 0 Å². The summed E-state index contributed by atoms with van der Waals surface area (Å²) < 4.78 is 0. The number of hydrogen-bond donors (Lipinski definition) is 2. The molecule has 0 unspecified atom stereocenters. The van der Waals surface area contributed by atoms with Gasteiger partial charge in [-0.2, -0.15) is 0 Å². The Kier molecular flexibility index (Phi) is 13.1. The maximum absolute atomic E-state index is 11.9. The molecule has 2 aliphatic carbocycles. The number of nitrogens with one attached hydrogen (secondary N) is 2. The molecule has 2 fully saturated rings. The van der Waals surface area contributed by atoms with Gasteiger partial charge in [0.15, 0.2) is 0 Å². The summed E-state index contributed by atoms with van der Waals surface area (Å²) in [7, 11) is 0. The highest BCUT2D eigenvalue weighted by molar-refractivity contribution is 5.76. The molecular weight excluding hydrogens is 360 g/mol. The highest BCUT2D eigenvalue weighted by atomic mass is 16.2. The van der Waals surface area contributed by atoms with E-state index in [4.69, 9.17) is 0 Å². The molecule has 0 radical (unpaired) electrons. The molecule has 0 aromatic heterocycles. The molecule has 4 nitrogen and oxygen atoms in total. The van der Waals surface area contributed by atoms with Gasteiger partial charge in [0.05, 0.1) is 0 Å². The van der Waals surface area contributed by atoms with Gasteiger partial charge in [-0.1, -0.05) is 83.5 Å². The van der Waals surface area contributed by atoms with E-state index in [1.165, 1.54) is 83.5 Å². The lowest BCUT2D eigenvalue weighted by Gasteiger charge is -2.21. The summed E-state index contributed by atoms with van der Waals surface area (Å²) in [5, 5.41) is 6.17. The minimum absolute atomic E-state index is 0.242. The third-order valence-electron chi connectivity index (χ3n) is 7.01. The van der Waals surface area contributed by atoms with Crippen LogP contribution in [0.1, 0.15) is 122 Å². The van der Waals surface area contributed by atoms with E-state index in [0.717, 1.165) is 50.6 Å². The summed E-state index contributed by atoms with van der Waals surface area (Å²) in [5.74, 6) is 2.07. The first kappa shape index (κ1) is 24.2. The monoisotopic (exact) mass is 406 g/mol. The fourth-order valence-corrected chi connectivity index (χ4v) is 5.03. The minimum Gasteiger partial charge on any atom is -0.356 e. The van der Waals surface area contributed by atoms with Crippen molar-refractivity contribution in [2.24, 2.45) is 11.8 Å². The fourth-order valence-electron chi connectivity index (χ4n) is 5.03. The van der Waals surface area contributed by atoms with Crippen LogP contribution in [0.15, 0.2) is 0 Å². The highest BCUT2D eigenvalue weighted by Gasteiger charge is 2.15. The molecule has 2 amide bonds. The van der Waals surface area contributed by atoms with E-state index < -0.39 is 0 Å². The highest BCUT2D eigenvalue weighted by Crippen LogP contribution is 2.27. The van der Waals surface area contributed by atoms with Crippen LogP contribution in [0, 0.1) is 11.8 Å². The molecule has 2 saturated carbocycles. The molecule has 2 aliphatic rings. The molecule has 0 aromatic rings. The second kappa shape index (κ2) is 15.7. The fraction of sp³-hybridized carbons (Fsp3) is 0.920. The van der Waals surface area contributed by atoms with Crippen molar-refractivity contribution in [2.75, 3.05) is 13.1 Å². The predicted octanol–water partition coefficient (Wildman–Crippen LogP) is 5.89. The van der Waals surface area contributed by atoms with E-state index in [2.05, 4.69) is 10.6 Å². The van der Waals surface area contributed by atoms with Gasteiger partial charge in [0.2, 0.25) is 11.8 Å². The van der Waals surface area contributed by atoms with Crippen molar-refractivity contribution in [3.8, 4) is 0 Å². The van der Waals surface area contributed by atoms with Crippen LogP contribution in [-0.4, -0.2) is 24.9 Å². The number of carbonyl (C=O) groups excluding carboxylic acids is 2. The summed E-state index contributed by atoms with van der Waals surface area (Å²) >= 11 is 0. The zero-order valence-electron chi connectivity index (χ0n) is 18.8. The molecule has 29 heavy (non-hydrogen) atoms. The van der Waals surface area contributed by atoms with Crippen LogP contribution in [0.25, 0.3) is 0 Å². The Hall–Kier alpha value is -1.06. The summed E-state index contributed by atoms with van der Waals surface area (Å²) in [5.41, 5.74) is 0. The molecule has 0 saturated heterocycles. The predicted molar refractivity (Wildman–Crippen MR) is 121 cm³/mol. The molecule has 0 spiro atoms. The standard InChI is InChI=1S/C25H46N2O2/c28-24(18-16-22-12-6-4-7-13-22)26-20-10-2-1-3-11-21-27-25(29)19-17-23-14-8-5-9-15-23/h22-23H,1-21H2,(H,26,28)(H,27,29). The van der Waals surface area contributed by atoms with Gasteiger partial charge in [0.25, 0.3) is 0 Å². The van der Waals surface area contributed by atoms with Crippen LogP contribution in [0.2, 0.25) is 0 Å². The van der Waals surface area contributed by atoms with Crippen molar-refractivity contribution in [1.82, 2.24) is 10.6 Å². The molecule has 0 aliphatic heterocycles.